The predicted octanol–water partition coefficient (Wildman–Crippen LogP) is 4.16. The number of nitrogens with zero attached hydrogens (tertiary/aromatic N) is 2. The Kier molecular flexibility index (Phi) is 4.53. The molecule has 154 valence electrons. The van der Waals surface area contributed by atoms with Gasteiger partial charge in [0.05, 0.1) is 12.6 Å². The summed E-state index contributed by atoms with van der Waals surface area (Å²) >= 11 is 3.54. The van der Waals surface area contributed by atoms with Crippen LogP contribution < -0.4 is 0 Å². The Labute approximate surface area is 184 Å². The first-order valence-electron chi connectivity index (χ1n) is 10.2. The molecule has 3 aliphatic heterocycles. The summed E-state index contributed by atoms with van der Waals surface area (Å²) in [4.78, 5) is 28.4. The molecular formula is C24H23BrN2O3. The number of carbonyl (C=O) groups is 1. The van der Waals surface area contributed by atoms with Gasteiger partial charge in [0.25, 0.3) is 0 Å². The van der Waals surface area contributed by atoms with Crippen LogP contribution in [0.15, 0.2) is 46.9 Å². The average Bonchev–Trinajstić information content (AvgIpc) is 3.01. The Bertz CT molecular complexity index is 1090. The SMILES string of the molecule is CC1(C)CN(CC2OC(=O)N3Cc4ccccc4CC23)C(=C=O)c2ccc(Br)cc21. The second-order valence-electron chi connectivity index (χ2n) is 9.00. The molecular weight excluding hydrogens is 444 g/mol. The molecule has 0 spiro atoms. The molecule has 0 aliphatic carbocycles. The molecule has 0 radical (unpaired) electrons. The van der Waals surface area contributed by atoms with Crippen LogP contribution in [0.1, 0.15) is 36.1 Å². The van der Waals surface area contributed by atoms with Crippen molar-refractivity contribution >= 4 is 33.7 Å². The normalized spacial score (nSPS) is 24.0. The fourth-order valence-corrected chi connectivity index (χ4v) is 5.46. The number of amides is 1. The smallest absolute Gasteiger partial charge is 0.410 e. The molecule has 0 N–H and O–H groups in total. The first-order chi connectivity index (χ1) is 14.4. The van der Waals surface area contributed by atoms with Crippen molar-refractivity contribution in [2.24, 2.45) is 0 Å². The minimum atomic E-state index is -0.290. The Morgan fingerprint density at radius 1 is 1.20 bits per heavy atom. The van der Waals surface area contributed by atoms with Crippen LogP contribution in [0, 0.1) is 0 Å². The monoisotopic (exact) mass is 466 g/mol. The lowest BCUT2D eigenvalue weighted by atomic mass is 9.77. The molecule has 2 unspecified atom stereocenters. The van der Waals surface area contributed by atoms with Crippen LogP contribution in [0.4, 0.5) is 4.79 Å². The zero-order valence-electron chi connectivity index (χ0n) is 17.0. The molecule has 0 saturated carbocycles. The van der Waals surface area contributed by atoms with E-state index in [0.29, 0.717) is 25.3 Å². The lowest BCUT2D eigenvalue weighted by Gasteiger charge is -2.42. The molecule has 3 heterocycles. The molecule has 5 nitrogen and oxygen atoms in total. The van der Waals surface area contributed by atoms with E-state index < -0.39 is 0 Å². The maximum atomic E-state index is 12.6. The summed E-state index contributed by atoms with van der Waals surface area (Å²) < 4.78 is 6.80. The van der Waals surface area contributed by atoms with Gasteiger partial charge in [0.1, 0.15) is 11.8 Å². The van der Waals surface area contributed by atoms with Crippen LogP contribution in [-0.4, -0.2) is 47.1 Å². The van der Waals surface area contributed by atoms with Gasteiger partial charge in [-0.1, -0.05) is 60.1 Å². The van der Waals surface area contributed by atoms with Crippen LogP contribution in [-0.2, 0) is 27.9 Å². The van der Waals surface area contributed by atoms with Gasteiger partial charge in [-0.05, 0) is 35.2 Å². The van der Waals surface area contributed by atoms with Crippen LogP contribution in [0.5, 0.6) is 0 Å². The molecule has 2 aromatic carbocycles. The van der Waals surface area contributed by atoms with Gasteiger partial charge in [0.2, 0.25) is 0 Å². The second kappa shape index (κ2) is 7.00. The van der Waals surface area contributed by atoms with E-state index in [4.69, 9.17) is 4.74 Å². The van der Waals surface area contributed by atoms with Crippen molar-refractivity contribution < 1.29 is 14.3 Å². The highest BCUT2D eigenvalue weighted by Gasteiger charge is 2.46. The molecule has 6 heteroatoms. The van der Waals surface area contributed by atoms with Crippen molar-refractivity contribution in [2.45, 2.75) is 44.4 Å². The summed E-state index contributed by atoms with van der Waals surface area (Å²) in [5.74, 6) is 2.16. The number of hydrogen-bond donors (Lipinski definition) is 0. The van der Waals surface area contributed by atoms with E-state index >= 15 is 0 Å². The molecule has 3 aliphatic rings. The summed E-state index contributed by atoms with van der Waals surface area (Å²) in [7, 11) is 0. The summed E-state index contributed by atoms with van der Waals surface area (Å²) in [5.41, 5.74) is 4.87. The number of fused-ring (bicyclic) bond motifs is 3. The fourth-order valence-electron chi connectivity index (χ4n) is 5.10. The van der Waals surface area contributed by atoms with E-state index in [1.54, 1.807) is 0 Å². The quantitative estimate of drug-likeness (QED) is 0.623. The van der Waals surface area contributed by atoms with Crippen LogP contribution in [0.25, 0.3) is 5.70 Å². The Morgan fingerprint density at radius 3 is 2.73 bits per heavy atom. The molecule has 0 bridgehead atoms. The first kappa shape index (κ1) is 19.4. The van der Waals surface area contributed by atoms with Gasteiger partial charge in [-0.2, -0.15) is 0 Å². The summed E-state index contributed by atoms with van der Waals surface area (Å²) in [5, 5.41) is 0. The Morgan fingerprint density at radius 2 is 1.97 bits per heavy atom. The second-order valence-corrected chi connectivity index (χ2v) is 9.91. The number of benzene rings is 2. The molecule has 1 amide bonds. The third kappa shape index (κ3) is 3.06. The first-order valence-corrected chi connectivity index (χ1v) is 11.0. The Balaban J connectivity index is 1.45. The maximum absolute atomic E-state index is 12.6. The summed E-state index contributed by atoms with van der Waals surface area (Å²) in [6, 6.07) is 14.2. The molecule has 0 aromatic heterocycles. The van der Waals surface area contributed by atoms with E-state index in [1.165, 1.54) is 11.1 Å². The number of ether oxygens (including phenoxy) is 1. The van der Waals surface area contributed by atoms with Crippen LogP contribution >= 0.6 is 15.9 Å². The van der Waals surface area contributed by atoms with Crippen molar-refractivity contribution in [3.8, 4) is 0 Å². The summed E-state index contributed by atoms with van der Waals surface area (Å²) in [6.07, 6.45) is 0.215. The van der Waals surface area contributed by atoms with Gasteiger partial charge in [-0.3, -0.25) is 4.90 Å². The standard InChI is InChI=1S/C24H23BrN2O3/c1-24(2)14-26(21(13-28)18-8-7-17(25)10-19(18)24)12-22-20-9-15-5-3-4-6-16(15)11-27(20)23(29)30-22/h3-8,10,20,22H,9,11-12,14H2,1-2H3. The topological polar surface area (TPSA) is 49.9 Å². The van der Waals surface area contributed by atoms with Gasteiger partial charge in [0, 0.05) is 28.5 Å². The minimum absolute atomic E-state index is 0.0188. The van der Waals surface area contributed by atoms with E-state index in [1.807, 2.05) is 34.1 Å². The number of hydrogen-bond acceptors (Lipinski definition) is 4. The largest absolute Gasteiger partial charge is 0.442 e. The fraction of sp³-hybridized carbons (Fsp3) is 0.375. The lowest BCUT2D eigenvalue weighted by Crippen LogP contribution is -2.49. The van der Waals surface area contributed by atoms with Gasteiger partial charge in [-0.15, -0.1) is 0 Å². The van der Waals surface area contributed by atoms with Gasteiger partial charge >= 0.3 is 6.09 Å². The highest BCUT2D eigenvalue weighted by molar-refractivity contribution is 9.10. The number of halogens is 1. The van der Waals surface area contributed by atoms with Gasteiger partial charge in [-0.25, -0.2) is 9.59 Å². The molecule has 5 rings (SSSR count). The van der Waals surface area contributed by atoms with Gasteiger partial charge in [0.15, 0.2) is 5.94 Å². The number of cyclic esters (lactones) is 1. The van der Waals surface area contributed by atoms with E-state index in [0.717, 1.165) is 22.0 Å². The highest BCUT2D eigenvalue weighted by Crippen LogP contribution is 2.40. The van der Waals surface area contributed by atoms with E-state index in [-0.39, 0.29) is 23.7 Å². The van der Waals surface area contributed by atoms with Gasteiger partial charge < -0.3 is 9.64 Å². The van der Waals surface area contributed by atoms with Crippen LogP contribution in [0.3, 0.4) is 0 Å². The van der Waals surface area contributed by atoms with Crippen molar-refractivity contribution in [1.29, 1.82) is 0 Å². The van der Waals surface area contributed by atoms with Crippen LogP contribution in [0.2, 0.25) is 0 Å². The molecule has 1 saturated heterocycles. The molecule has 2 aromatic rings. The number of carbonyl (C=O) groups excluding carboxylic acids is 2. The number of rotatable bonds is 2. The third-order valence-corrected chi connectivity index (χ3v) is 7.06. The maximum Gasteiger partial charge on any atom is 0.410 e. The van der Waals surface area contributed by atoms with Crippen molar-refractivity contribution in [1.82, 2.24) is 9.80 Å². The summed E-state index contributed by atoms with van der Waals surface area (Å²) in [6.45, 7) is 6.08. The third-order valence-electron chi connectivity index (χ3n) is 6.57. The molecule has 2 atom stereocenters. The molecule has 1 fully saturated rings. The van der Waals surface area contributed by atoms with Crippen molar-refractivity contribution in [3.05, 3.63) is 69.2 Å². The van der Waals surface area contributed by atoms with E-state index in [9.17, 15) is 9.59 Å². The zero-order chi connectivity index (χ0) is 21.0. The zero-order valence-corrected chi connectivity index (χ0v) is 18.6. The van der Waals surface area contributed by atoms with E-state index in [2.05, 4.69) is 53.9 Å². The minimum Gasteiger partial charge on any atom is -0.442 e. The molecule has 30 heavy (non-hydrogen) atoms. The Hall–Kier alpha value is -2.56. The average molecular weight is 467 g/mol. The predicted molar refractivity (Wildman–Crippen MR) is 118 cm³/mol. The lowest BCUT2D eigenvalue weighted by molar-refractivity contribution is 0.107. The van der Waals surface area contributed by atoms with Crippen molar-refractivity contribution in [2.75, 3.05) is 13.1 Å². The highest BCUT2D eigenvalue weighted by atomic mass is 79.9. The van der Waals surface area contributed by atoms with Crippen molar-refractivity contribution in [3.63, 3.8) is 0 Å².